The molecule has 2 aliphatic rings. The van der Waals surface area contributed by atoms with Gasteiger partial charge in [0.05, 0.1) is 6.54 Å². The molecule has 0 saturated heterocycles. The Morgan fingerprint density at radius 1 is 1.25 bits per heavy atom. The summed E-state index contributed by atoms with van der Waals surface area (Å²) in [7, 11) is 0. The maximum atomic E-state index is 12.6. The topological polar surface area (TPSA) is 32.3 Å². The molecule has 0 unspecified atom stereocenters. The van der Waals surface area contributed by atoms with Gasteiger partial charge in [-0.3, -0.25) is 9.69 Å². The smallest absolute Gasteiger partial charge is 0.238 e. The molecule has 1 atom stereocenters. The molecular weight excluding hydrogens is 316 g/mol. The predicted octanol–water partition coefficient (Wildman–Crippen LogP) is 4.31. The van der Waals surface area contributed by atoms with Crippen molar-refractivity contribution < 1.29 is 4.79 Å². The number of aryl methyl sites for hydroxylation is 2. The molecule has 1 fully saturated rings. The van der Waals surface area contributed by atoms with Gasteiger partial charge < -0.3 is 5.32 Å². The molecule has 2 heterocycles. The summed E-state index contributed by atoms with van der Waals surface area (Å²) in [6.45, 7) is 5.61. The van der Waals surface area contributed by atoms with Crippen LogP contribution in [0.5, 0.6) is 0 Å². The van der Waals surface area contributed by atoms with Gasteiger partial charge in [-0.25, -0.2) is 0 Å². The molecule has 0 radical (unpaired) electrons. The molecule has 126 valence electrons. The Labute approximate surface area is 147 Å². The van der Waals surface area contributed by atoms with E-state index in [4.69, 9.17) is 0 Å². The van der Waals surface area contributed by atoms with Crippen LogP contribution in [0.4, 0.5) is 5.69 Å². The normalized spacial score (nSPS) is 20.7. The van der Waals surface area contributed by atoms with Crippen LogP contribution in [0, 0.1) is 19.8 Å². The van der Waals surface area contributed by atoms with Crippen molar-refractivity contribution in [2.75, 3.05) is 18.4 Å². The number of nitrogens with one attached hydrogen (secondary N) is 1. The first kappa shape index (κ1) is 15.9. The molecule has 4 rings (SSSR count). The number of nitrogens with zero attached hydrogens (tertiary/aromatic N) is 1. The highest BCUT2D eigenvalue weighted by Gasteiger charge is 2.40. The van der Waals surface area contributed by atoms with Gasteiger partial charge >= 0.3 is 0 Å². The van der Waals surface area contributed by atoms with Gasteiger partial charge in [-0.2, -0.15) is 0 Å². The fraction of sp³-hybridized carbons (Fsp3) is 0.450. The van der Waals surface area contributed by atoms with Crippen LogP contribution in [0.2, 0.25) is 0 Å². The molecule has 1 aliphatic heterocycles. The Balaban J connectivity index is 1.47. The highest BCUT2D eigenvalue weighted by atomic mass is 32.1. The largest absolute Gasteiger partial charge is 0.325 e. The van der Waals surface area contributed by atoms with Gasteiger partial charge in [0, 0.05) is 23.2 Å². The molecule has 1 saturated carbocycles. The molecule has 3 nitrogen and oxygen atoms in total. The minimum absolute atomic E-state index is 0.101. The second-order valence-electron chi connectivity index (χ2n) is 7.23. The van der Waals surface area contributed by atoms with Gasteiger partial charge in [-0.05, 0) is 79.3 Å². The van der Waals surface area contributed by atoms with Crippen LogP contribution in [0.1, 0.15) is 40.5 Å². The van der Waals surface area contributed by atoms with Crippen molar-refractivity contribution in [3.63, 3.8) is 0 Å². The summed E-state index contributed by atoms with van der Waals surface area (Å²) >= 11 is 1.87. The maximum absolute atomic E-state index is 12.6. The van der Waals surface area contributed by atoms with E-state index in [2.05, 4.69) is 41.6 Å². The number of carbonyl (C=O) groups excluding carboxylic acids is 1. The maximum Gasteiger partial charge on any atom is 0.238 e. The van der Waals surface area contributed by atoms with Gasteiger partial charge in [-0.1, -0.05) is 6.07 Å². The standard InChI is InChI=1S/C20H24N2OS/c1-13-9-14(2)11-16(10-13)21-19(23)12-22-7-5-18-17(6-8-24-18)20(22)15-3-4-15/h6,8-11,15,20H,3-5,7,12H2,1-2H3,(H,21,23)/t20-/m0/s1. The van der Waals surface area contributed by atoms with Crippen molar-refractivity contribution in [3.8, 4) is 0 Å². The summed E-state index contributed by atoms with van der Waals surface area (Å²) in [6, 6.07) is 8.93. The van der Waals surface area contributed by atoms with Crippen molar-refractivity contribution >= 4 is 22.9 Å². The number of rotatable bonds is 4. The summed E-state index contributed by atoms with van der Waals surface area (Å²) in [6.07, 6.45) is 3.68. The summed E-state index contributed by atoms with van der Waals surface area (Å²) in [4.78, 5) is 16.5. The number of hydrogen-bond acceptors (Lipinski definition) is 3. The number of hydrogen-bond donors (Lipinski definition) is 1. The molecule has 1 N–H and O–H groups in total. The number of anilines is 1. The Bertz CT molecular complexity index is 742. The highest BCUT2D eigenvalue weighted by Crippen LogP contribution is 2.48. The van der Waals surface area contributed by atoms with Gasteiger partial charge in [0.2, 0.25) is 5.91 Å². The van der Waals surface area contributed by atoms with Crippen LogP contribution in [0.3, 0.4) is 0 Å². The molecule has 1 aromatic heterocycles. The van der Waals surface area contributed by atoms with Crippen molar-refractivity contribution in [2.24, 2.45) is 5.92 Å². The number of carbonyl (C=O) groups is 1. The minimum atomic E-state index is 0.101. The lowest BCUT2D eigenvalue weighted by Gasteiger charge is -2.35. The number of thiophene rings is 1. The van der Waals surface area contributed by atoms with E-state index in [1.165, 1.54) is 34.4 Å². The second-order valence-corrected chi connectivity index (χ2v) is 8.23. The van der Waals surface area contributed by atoms with Crippen molar-refractivity contribution in [3.05, 3.63) is 51.2 Å². The Morgan fingerprint density at radius 2 is 2.00 bits per heavy atom. The van der Waals surface area contributed by atoms with Crippen LogP contribution in [0.25, 0.3) is 0 Å². The second kappa shape index (κ2) is 6.34. The molecule has 0 spiro atoms. The SMILES string of the molecule is Cc1cc(C)cc(NC(=O)CN2CCc3sccc3[C@@H]2C2CC2)c1. The fourth-order valence-corrected chi connectivity index (χ4v) is 4.88. The van der Waals surface area contributed by atoms with E-state index < -0.39 is 0 Å². The Morgan fingerprint density at radius 3 is 2.71 bits per heavy atom. The van der Waals surface area contributed by atoms with Crippen molar-refractivity contribution in [1.29, 1.82) is 0 Å². The van der Waals surface area contributed by atoms with Gasteiger partial charge in [0.15, 0.2) is 0 Å². The Kier molecular flexibility index (Phi) is 4.19. The lowest BCUT2D eigenvalue weighted by atomic mass is 9.96. The van der Waals surface area contributed by atoms with E-state index in [-0.39, 0.29) is 5.91 Å². The lowest BCUT2D eigenvalue weighted by molar-refractivity contribution is -0.118. The summed E-state index contributed by atoms with van der Waals surface area (Å²) in [5.41, 5.74) is 4.76. The summed E-state index contributed by atoms with van der Waals surface area (Å²) in [5, 5.41) is 5.30. The zero-order chi connectivity index (χ0) is 16.7. The van der Waals surface area contributed by atoms with E-state index in [0.29, 0.717) is 12.6 Å². The third-order valence-corrected chi connectivity index (χ3v) is 6.04. The zero-order valence-corrected chi connectivity index (χ0v) is 15.2. The number of amides is 1. The minimum Gasteiger partial charge on any atom is -0.325 e. The van der Waals surface area contributed by atoms with Crippen LogP contribution in [-0.2, 0) is 11.2 Å². The van der Waals surface area contributed by atoms with E-state index in [1.54, 1.807) is 0 Å². The van der Waals surface area contributed by atoms with Gasteiger partial charge in [0.1, 0.15) is 0 Å². The van der Waals surface area contributed by atoms with Crippen LogP contribution < -0.4 is 5.32 Å². The molecule has 1 aromatic carbocycles. The third kappa shape index (κ3) is 3.26. The molecular formula is C20H24N2OS. The molecule has 2 aromatic rings. The third-order valence-electron chi connectivity index (χ3n) is 5.04. The van der Waals surface area contributed by atoms with E-state index in [9.17, 15) is 4.79 Å². The molecule has 4 heteroatoms. The van der Waals surface area contributed by atoms with Crippen LogP contribution >= 0.6 is 11.3 Å². The molecule has 0 bridgehead atoms. The predicted molar refractivity (Wildman–Crippen MR) is 99.6 cm³/mol. The van der Waals surface area contributed by atoms with E-state index >= 15 is 0 Å². The molecule has 1 aliphatic carbocycles. The van der Waals surface area contributed by atoms with Crippen molar-refractivity contribution in [1.82, 2.24) is 4.90 Å². The lowest BCUT2D eigenvalue weighted by Crippen LogP contribution is -2.41. The highest BCUT2D eigenvalue weighted by molar-refractivity contribution is 7.10. The quantitative estimate of drug-likeness (QED) is 0.899. The van der Waals surface area contributed by atoms with Gasteiger partial charge in [0.25, 0.3) is 0 Å². The van der Waals surface area contributed by atoms with Gasteiger partial charge in [-0.15, -0.1) is 11.3 Å². The Hall–Kier alpha value is -1.65. The number of benzene rings is 1. The first-order valence-electron chi connectivity index (χ1n) is 8.78. The first-order valence-corrected chi connectivity index (χ1v) is 9.66. The average molecular weight is 340 g/mol. The van der Waals surface area contributed by atoms with Crippen molar-refractivity contribution in [2.45, 2.75) is 39.2 Å². The van der Waals surface area contributed by atoms with Crippen LogP contribution in [0.15, 0.2) is 29.6 Å². The average Bonchev–Trinajstić information content (AvgIpc) is 3.22. The van der Waals surface area contributed by atoms with E-state index in [1.807, 2.05) is 23.5 Å². The monoisotopic (exact) mass is 340 g/mol. The fourth-order valence-electron chi connectivity index (χ4n) is 3.97. The first-order chi connectivity index (χ1) is 11.6. The summed E-state index contributed by atoms with van der Waals surface area (Å²) in [5.74, 6) is 0.844. The molecule has 1 amide bonds. The summed E-state index contributed by atoms with van der Waals surface area (Å²) < 4.78 is 0. The molecule has 24 heavy (non-hydrogen) atoms. The van der Waals surface area contributed by atoms with E-state index in [0.717, 1.165) is 24.6 Å². The van der Waals surface area contributed by atoms with Crippen LogP contribution in [-0.4, -0.2) is 23.9 Å². The zero-order valence-electron chi connectivity index (χ0n) is 14.3. The number of fused-ring (bicyclic) bond motifs is 1.